The number of hydrazine groups is 1. The number of nitrogens with zero attached hydrogens (tertiary/aromatic N) is 4. The summed E-state index contributed by atoms with van der Waals surface area (Å²) < 4.78 is 81.1. The van der Waals surface area contributed by atoms with E-state index in [-0.39, 0.29) is 43.5 Å². The lowest BCUT2D eigenvalue weighted by Gasteiger charge is -2.31. The van der Waals surface area contributed by atoms with E-state index >= 15 is 0 Å². The third-order valence-electron chi connectivity index (χ3n) is 8.18. The van der Waals surface area contributed by atoms with Gasteiger partial charge in [0.2, 0.25) is 5.90 Å². The molecule has 5 rings (SSSR count). The van der Waals surface area contributed by atoms with Crippen LogP contribution < -0.4 is 20.3 Å². The number of benzene rings is 4. The second kappa shape index (κ2) is 17.3. The van der Waals surface area contributed by atoms with Gasteiger partial charge in [-0.3, -0.25) is 10.2 Å². The quantitative estimate of drug-likeness (QED) is 0.0380. The van der Waals surface area contributed by atoms with E-state index in [0.29, 0.717) is 34.4 Å². The number of aliphatic hydroxyl groups excluding tert-OH is 1. The zero-order valence-electron chi connectivity index (χ0n) is 28.1. The Morgan fingerprint density at radius 3 is 2.34 bits per heavy atom. The summed E-state index contributed by atoms with van der Waals surface area (Å²) in [6, 6.07) is 26.2. The highest BCUT2D eigenvalue weighted by atomic mass is 32.2. The summed E-state index contributed by atoms with van der Waals surface area (Å²) in [5.74, 6) is -1.15. The van der Waals surface area contributed by atoms with E-state index in [4.69, 9.17) is 25.1 Å². The van der Waals surface area contributed by atoms with E-state index in [1.54, 1.807) is 66.7 Å². The topological polar surface area (TPSA) is 184 Å². The highest BCUT2D eigenvalue weighted by Gasteiger charge is 2.54. The fourth-order valence-electron chi connectivity index (χ4n) is 5.57. The van der Waals surface area contributed by atoms with Crippen LogP contribution in [0.5, 0.6) is 11.5 Å². The van der Waals surface area contributed by atoms with Crippen molar-refractivity contribution in [1.29, 1.82) is 0 Å². The number of rotatable bonds is 17. The summed E-state index contributed by atoms with van der Waals surface area (Å²) in [6.45, 7) is 0.111. The van der Waals surface area contributed by atoms with Crippen LogP contribution in [0.1, 0.15) is 41.2 Å². The van der Waals surface area contributed by atoms with E-state index in [1.165, 1.54) is 24.3 Å². The number of hydrogen-bond acceptors (Lipinski definition) is 10. The minimum atomic E-state index is -4.86. The molecule has 0 aliphatic carbocycles. The van der Waals surface area contributed by atoms with Crippen molar-refractivity contribution in [3.05, 3.63) is 136 Å². The number of sulfone groups is 1. The second-order valence-corrected chi connectivity index (χ2v) is 13.9. The van der Waals surface area contributed by atoms with Gasteiger partial charge in [0.15, 0.2) is 21.5 Å². The van der Waals surface area contributed by atoms with Crippen molar-refractivity contribution in [1.82, 2.24) is 10.9 Å². The van der Waals surface area contributed by atoms with Gasteiger partial charge in [0, 0.05) is 36.5 Å². The van der Waals surface area contributed by atoms with Gasteiger partial charge >= 0.3 is 6.36 Å². The minimum absolute atomic E-state index is 0.0306. The molecule has 13 nitrogen and oxygen atoms in total. The van der Waals surface area contributed by atoms with Crippen molar-refractivity contribution < 1.29 is 45.7 Å². The molecule has 0 unspecified atom stereocenters. The van der Waals surface area contributed by atoms with E-state index in [9.17, 15) is 26.4 Å². The number of alkyl halides is 3. The lowest BCUT2D eigenvalue weighted by molar-refractivity contribution is -0.274. The Hall–Kier alpha value is -5.61. The van der Waals surface area contributed by atoms with Crippen LogP contribution in [0.2, 0.25) is 0 Å². The van der Waals surface area contributed by atoms with Crippen LogP contribution in [0.25, 0.3) is 10.4 Å². The molecular weight excluding hydrogens is 717 g/mol. The van der Waals surface area contributed by atoms with E-state index < -0.39 is 45.3 Å². The molecule has 0 radical (unpaired) electrons. The Bertz CT molecular complexity index is 2040. The third kappa shape index (κ3) is 10.0. The van der Waals surface area contributed by atoms with E-state index in [2.05, 4.69) is 25.6 Å². The lowest BCUT2D eigenvalue weighted by Crippen LogP contribution is -2.53. The van der Waals surface area contributed by atoms with Crippen molar-refractivity contribution in [3.63, 3.8) is 0 Å². The largest absolute Gasteiger partial charge is 0.573 e. The van der Waals surface area contributed by atoms with E-state index in [0.717, 1.165) is 12.1 Å². The Morgan fingerprint density at radius 1 is 0.981 bits per heavy atom. The van der Waals surface area contributed by atoms with Crippen molar-refractivity contribution in [2.45, 2.75) is 48.8 Å². The maximum absolute atomic E-state index is 14.5. The Labute approximate surface area is 302 Å². The second-order valence-electron chi connectivity index (χ2n) is 11.8. The number of aliphatic hydroxyl groups is 1. The molecule has 0 bridgehead atoms. The van der Waals surface area contributed by atoms with Gasteiger partial charge in [-0.1, -0.05) is 59.7 Å². The third-order valence-corrected chi connectivity index (χ3v) is 9.91. The summed E-state index contributed by atoms with van der Waals surface area (Å²) in [5, 5.41) is 12.8. The number of carbonyl (C=O) groups is 1. The lowest BCUT2D eigenvalue weighted by atomic mass is 9.83. The van der Waals surface area contributed by atoms with Gasteiger partial charge in [-0.15, -0.1) is 13.2 Å². The van der Waals surface area contributed by atoms with Gasteiger partial charge < -0.3 is 19.3 Å². The fraction of sp³-hybridized carbons (Fsp3) is 0.278. The molecule has 278 valence electrons. The summed E-state index contributed by atoms with van der Waals surface area (Å²) in [5.41, 5.74) is 14.4. The van der Waals surface area contributed by atoms with Crippen LogP contribution in [0.4, 0.5) is 13.2 Å². The Balaban J connectivity index is 1.52. The number of azide groups is 1. The predicted molar refractivity (Wildman–Crippen MR) is 187 cm³/mol. The van der Waals surface area contributed by atoms with Crippen molar-refractivity contribution in [3.8, 4) is 11.5 Å². The molecular formula is C36H35F3N6O7S. The summed E-state index contributed by atoms with van der Waals surface area (Å²) in [6.07, 6.45) is -5.99. The first kappa shape index (κ1) is 38.6. The van der Waals surface area contributed by atoms with Crippen LogP contribution in [-0.4, -0.2) is 56.2 Å². The van der Waals surface area contributed by atoms with Gasteiger partial charge in [0.25, 0.3) is 5.91 Å². The molecule has 2 atom stereocenters. The average Bonchev–Trinajstić information content (AvgIpc) is 3.55. The van der Waals surface area contributed by atoms with Crippen LogP contribution in [0, 0.1) is 0 Å². The maximum atomic E-state index is 14.5. The van der Waals surface area contributed by atoms with Gasteiger partial charge in [-0.2, -0.15) is 0 Å². The van der Waals surface area contributed by atoms with Crippen molar-refractivity contribution >= 4 is 21.6 Å². The highest BCUT2D eigenvalue weighted by molar-refractivity contribution is 7.91. The predicted octanol–water partition coefficient (Wildman–Crippen LogP) is 6.10. The molecule has 0 spiro atoms. The highest BCUT2D eigenvalue weighted by Crippen LogP contribution is 2.44. The van der Waals surface area contributed by atoms with E-state index in [1.807, 2.05) is 0 Å². The number of nitrogens with one attached hydrogen (secondary N) is 2. The average molecular weight is 753 g/mol. The SMILES string of the molecule is [N-]=[N+]=NCc1ccccc1[C@@H]1OC(c2ccc(OCCCO)cc2)=N[C@]1(CCS(=O)(=O)c1ccccc1)C(=O)NNCc1ccc(OC(F)(F)F)cc1. The normalized spacial score (nSPS) is 16.9. The molecule has 17 heteroatoms. The molecule has 1 heterocycles. The maximum Gasteiger partial charge on any atom is 0.573 e. The molecule has 4 aromatic carbocycles. The summed E-state index contributed by atoms with van der Waals surface area (Å²) in [7, 11) is -3.95. The Morgan fingerprint density at radius 2 is 1.66 bits per heavy atom. The van der Waals surface area contributed by atoms with Crippen LogP contribution in [0.3, 0.4) is 0 Å². The molecule has 0 saturated carbocycles. The van der Waals surface area contributed by atoms with Gasteiger partial charge in [0.1, 0.15) is 11.5 Å². The first-order valence-electron chi connectivity index (χ1n) is 16.3. The number of halogens is 3. The fourth-order valence-corrected chi connectivity index (χ4v) is 6.96. The Kier molecular flexibility index (Phi) is 12.6. The first-order chi connectivity index (χ1) is 25.4. The number of hydrogen-bond donors (Lipinski definition) is 3. The zero-order valence-corrected chi connectivity index (χ0v) is 28.9. The zero-order chi connectivity index (χ0) is 37.9. The van der Waals surface area contributed by atoms with Gasteiger partial charge in [-0.05, 0) is 70.8 Å². The number of carbonyl (C=O) groups excluding carboxylic acids is 1. The van der Waals surface area contributed by atoms with Gasteiger partial charge in [-0.25, -0.2) is 18.8 Å². The van der Waals surface area contributed by atoms with Crippen LogP contribution >= 0.6 is 0 Å². The number of amides is 1. The first-order valence-corrected chi connectivity index (χ1v) is 17.9. The molecule has 0 fully saturated rings. The standard InChI is InChI=1S/C36H35F3N6O7S/c37-36(38,39)52-29-15-11-25(12-16-29)23-41-44-34(47)35(19-22-53(48,49)30-8-2-1-3-9-30)32(31-10-5-4-7-27(31)24-42-45-40)51-33(43-35)26-13-17-28(18-14-26)50-21-6-20-46/h1-5,7-18,32,41,46H,6,19-24H2,(H,44,47)/t32-,35-/m0/s1. The van der Waals surface area contributed by atoms with Crippen LogP contribution in [0.15, 0.2) is 118 Å². The number of ether oxygens (including phenoxy) is 3. The summed E-state index contributed by atoms with van der Waals surface area (Å²) in [4.78, 5) is 22.2. The molecule has 1 aliphatic heterocycles. The smallest absolute Gasteiger partial charge is 0.494 e. The molecule has 1 amide bonds. The molecule has 53 heavy (non-hydrogen) atoms. The molecule has 1 aliphatic rings. The summed E-state index contributed by atoms with van der Waals surface area (Å²) >= 11 is 0. The monoisotopic (exact) mass is 752 g/mol. The molecule has 0 saturated heterocycles. The van der Waals surface area contributed by atoms with Gasteiger partial charge in [0.05, 0.1) is 23.8 Å². The minimum Gasteiger partial charge on any atom is -0.494 e. The van der Waals surface area contributed by atoms with Crippen LogP contribution in [-0.2, 0) is 32.5 Å². The molecule has 3 N–H and O–H groups in total. The molecule has 4 aromatic rings. The number of aliphatic imine (C=N–C) groups is 1. The van der Waals surface area contributed by atoms with Crippen molar-refractivity contribution in [2.75, 3.05) is 19.0 Å². The van der Waals surface area contributed by atoms with Crippen molar-refractivity contribution in [2.24, 2.45) is 10.1 Å². The molecule has 0 aromatic heterocycles.